The zero-order chi connectivity index (χ0) is 42.8. The Labute approximate surface area is 357 Å². The van der Waals surface area contributed by atoms with Gasteiger partial charge >= 0.3 is 19.8 Å². The third kappa shape index (κ3) is 43.8. The molecule has 58 heavy (non-hydrogen) atoms. The number of unbranched alkanes of at least 4 members (excludes halogenated alkanes) is 23. The van der Waals surface area contributed by atoms with Gasteiger partial charge in [0, 0.05) is 12.8 Å². The molecule has 0 heterocycles. The van der Waals surface area contributed by atoms with Gasteiger partial charge in [-0.1, -0.05) is 179 Å². The molecular weight excluding hydrogens is 750 g/mol. The van der Waals surface area contributed by atoms with E-state index in [2.05, 4.69) is 50.3 Å². The maximum absolute atomic E-state index is 12.7. The minimum absolute atomic E-state index is 0.0296. The highest BCUT2D eigenvalue weighted by Crippen LogP contribution is 2.43. The molecule has 0 aliphatic heterocycles. The van der Waals surface area contributed by atoms with Crippen LogP contribution in [-0.2, 0) is 32.7 Å². The highest BCUT2D eigenvalue weighted by atomic mass is 31.2. The van der Waals surface area contributed by atoms with Crippen LogP contribution < -0.4 is 0 Å². The fourth-order valence-corrected chi connectivity index (χ4v) is 7.17. The van der Waals surface area contributed by atoms with Gasteiger partial charge in [0.05, 0.1) is 27.7 Å². The number of carbonyl (C=O) groups excluding carboxylic acids is 2. The zero-order valence-corrected chi connectivity index (χ0v) is 39.2. The number of quaternary nitrogens is 1. The molecular formula is C48H91NO8P+. The summed E-state index contributed by atoms with van der Waals surface area (Å²) in [5.41, 5.74) is 0. The molecule has 0 radical (unpaired) electrons. The van der Waals surface area contributed by atoms with Gasteiger partial charge in [-0.25, -0.2) is 4.57 Å². The smallest absolute Gasteiger partial charge is 0.462 e. The average molecular weight is 841 g/mol. The molecule has 0 aromatic heterocycles. The Morgan fingerprint density at radius 3 is 1.41 bits per heavy atom. The van der Waals surface area contributed by atoms with E-state index in [4.69, 9.17) is 18.5 Å². The van der Waals surface area contributed by atoms with Crippen LogP contribution in [0, 0.1) is 0 Å². The number of phosphoric ester groups is 1. The molecule has 0 fully saturated rings. The Kier molecular flexibility index (Phi) is 39.4. The number of ether oxygens (including phenoxy) is 2. The van der Waals surface area contributed by atoms with Crippen molar-refractivity contribution in [1.29, 1.82) is 0 Å². The van der Waals surface area contributed by atoms with E-state index in [1.165, 1.54) is 103 Å². The van der Waals surface area contributed by atoms with E-state index in [0.717, 1.165) is 70.6 Å². The molecule has 9 nitrogen and oxygen atoms in total. The summed E-state index contributed by atoms with van der Waals surface area (Å²) in [5.74, 6) is -0.807. The van der Waals surface area contributed by atoms with Crippen LogP contribution in [0.1, 0.15) is 206 Å². The Balaban J connectivity index is 4.33. The summed E-state index contributed by atoms with van der Waals surface area (Å²) in [4.78, 5) is 35.4. The molecule has 1 N–H and O–H groups in total. The first-order valence-corrected chi connectivity index (χ1v) is 25.2. The quantitative estimate of drug-likeness (QED) is 0.0213. The number of allylic oxidation sites excluding steroid dienone is 6. The predicted octanol–water partition coefficient (Wildman–Crippen LogP) is 13.7. The zero-order valence-electron chi connectivity index (χ0n) is 38.3. The lowest BCUT2D eigenvalue weighted by Gasteiger charge is -2.24. The van der Waals surface area contributed by atoms with Gasteiger partial charge in [0.15, 0.2) is 6.10 Å². The Hall–Kier alpha value is -1.77. The number of hydrogen-bond donors (Lipinski definition) is 1. The number of likely N-dealkylation sites (N-methyl/N-ethyl adjacent to an activating group) is 1. The van der Waals surface area contributed by atoms with Crippen LogP contribution in [0.5, 0.6) is 0 Å². The van der Waals surface area contributed by atoms with Gasteiger partial charge in [0.1, 0.15) is 19.8 Å². The summed E-state index contributed by atoms with van der Waals surface area (Å²) in [6.45, 7) is 4.40. The highest BCUT2D eigenvalue weighted by molar-refractivity contribution is 7.47. The maximum Gasteiger partial charge on any atom is 0.472 e. The summed E-state index contributed by atoms with van der Waals surface area (Å²) in [6, 6.07) is 0. The van der Waals surface area contributed by atoms with Crippen LogP contribution in [0.15, 0.2) is 36.5 Å². The summed E-state index contributed by atoms with van der Waals surface area (Å²) in [7, 11) is 1.47. The van der Waals surface area contributed by atoms with Crippen LogP contribution in [0.2, 0.25) is 0 Å². The standard InChI is InChI=1S/C48H90NO8P/c1-6-8-10-12-14-16-18-20-22-23-24-25-27-29-31-33-35-37-39-41-48(51)57-46(45-56-58(52,53)55-43-42-49(3,4)5)44-54-47(50)40-38-36-34-32-30-28-26-21-19-17-15-13-11-9-7-2/h14,16,20,22,24-25,46H,6-13,15,17-19,21,23,26-45H2,1-5H3/p+1/b16-14-,22-20-,25-24-. The number of esters is 2. The minimum atomic E-state index is -4.38. The lowest BCUT2D eigenvalue weighted by Crippen LogP contribution is -2.37. The Morgan fingerprint density at radius 2 is 0.931 bits per heavy atom. The number of phosphoric acid groups is 1. The van der Waals surface area contributed by atoms with Crippen molar-refractivity contribution in [3.05, 3.63) is 36.5 Å². The molecule has 0 spiro atoms. The van der Waals surface area contributed by atoms with Crippen LogP contribution >= 0.6 is 7.82 Å². The van der Waals surface area contributed by atoms with Crippen molar-refractivity contribution in [1.82, 2.24) is 0 Å². The van der Waals surface area contributed by atoms with Gasteiger partial charge in [0.2, 0.25) is 0 Å². The molecule has 0 saturated carbocycles. The second-order valence-corrected chi connectivity index (χ2v) is 18.6. The third-order valence-electron chi connectivity index (χ3n) is 10.2. The molecule has 0 saturated heterocycles. The van der Waals surface area contributed by atoms with E-state index >= 15 is 0 Å². The van der Waals surface area contributed by atoms with Crippen molar-refractivity contribution in [3.63, 3.8) is 0 Å². The molecule has 2 unspecified atom stereocenters. The van der Waals surface area contributed by atoms with E-state index in [1.54, 1.807) is 0 Å². The topological polar surface area (TPSA) is 108 Å². The van der Waals surface area contributed by atoms with Crippen molar-refractivity contribution in [2.75, 3.05) is 47.5 Å². The van der Waals surface area contributed by atoms with E-state index in [0.29, 0.717) is 17.4 Å². The molecule has 0 aliphatic rings. The SMILES string of the molecule is CCCCC/C=C\C/C=C\C/C=C\CCCCCCCCC(=O)OC(COC(=O)CCCCCCCCCCCCCCCCC)COP(=O)(O)OCC[N+](C)(C)C. The van der Waals surface area contributed by atoms with Crippen LogP contribution in [0.25, 0.3) is 0 Å². The van der Waals surface area contributed by atoms with Crippen molar-refractivity contribution < 1.29 is 42.1 Å². The number of carbonyl (C=O) groups is 2. The highest BCUT2D eigenvalue weighted by Gasteiger charge is 2.27. The average Bonchev–Trinajstić information content (AvgIpc) is 3.17. The third-order valence-corrected chi connectivity index (χ3v) is 11.2. The normalized spacial score (nSPS) is 13.8. The maximum atomic E-state index is 12.7. The fraction of sp³-hybridized carbons (Fsp3) is 0.833. The van der Waals surface area contributed by atoms with Crippen molar-refractivity contribution in [2.45, 2.75) is 213 Å². The van der Waals surface area contributed by atoms with Crippen molar-refractivity contribution in [3.8, 4) is 0 Å². The van der Waals surface area contributed by atoms with E-state index < -0.39 is 26.5 Å². The molecule has 0 bridgehead atoms. The summed E-state index contributed by atoms with van der Waals surface area (Å²) in [6.07, 6.45) is 46.1. The van der Waals surface area contributed by atoms with Crippen LogP contribution in [-0.4, -0.2) is 74.9 Å². The largest absolute Gasteiger partial charge is 0.472 e. The summed E-state index contributed by atoms with van der Waals surface area (Å²) < 4.78 is 34.4. The molecule has 340 valence electrons. The van der Waals surface area contributed by atoms with Crippen LogP contribution in [0.3, 0.4) is 0 Å². The first-order valence-electron chi connectivity index (χ1n) is 23.7. The summed E-state index contributed by atoms with van der Waals surface area (Å²) >= 11 is 0. The molecule has 0 aliphatic carbocycles. The predicted molar refractivity (Wildman–Crippen MR) is 243 cm³/mol. The van der Waals surface area contributed by atoms with Gasteiger partial charge in [-0.05, 0) is 51.4 Å². The molecule has 0 aromatic carbocycles. The van der Waals surface area contributed by atoms with Crippen LogP contribution in [0.4, 0.5) is 0 Å². The van der Waals surface area contributed by atoms with E-state index in [-0.39, 0.29) is 32.0 Å². The monoisotopic (exact) mass is 841 g/mol. The lowest BCUT2D eigenvalue weighted by atomic mass is 10.0. The van der Waals surface area contributed by atoms with E-state index in [1.807, 2.05) is 21.1 Å². The Bertz CT molecular complexity index is 1090. The second kappa shape index (κ2) is 40.6. The first kappa shape index (κ1) is 56.2. The molecule has 0 rings (SSSR count). The number of hydrogen-bond acceptors (Lipinski definition) is 7. The van der Waals surface area contributed by atoms with Crippen molar-refractivity contribution in [2.24, 2.45) is 0 Å². The summed E-state index contributed by atoms with van der Waals surface area (Å²) in [5, 5.41) is 0. The Morgan fingerprint density at radius 1 is 0.534 bits per heavy atom. The van der Waals surface area contributed by atoms with Gasteiger partial charge in [-0.3, -0.25) is 18.6 Å². The van der Waals surface area contributed by atoms with Gasteiger partial charge in [-0.15, -0.1) is 0 Å². The van der Waals surface area contributed by atoms with Gasteiger partial charge < -0.3 is 18.9 Å². The lowest BCUT2D eigenvalue weighted by molar-refractivity contribution is -0.870. The number of rotatable bonds is 43. The molecule has 0 amide bonds. The fourth-order valence-electron chi connectivity index (χ4n) is 6.43. The van der Waals surface area contributed by atoms with Gasteiger partial charge in [0.25, 0.3) is 0 Å². The molecule has 0 aromatic rings. The molecule has 10 heteroatoms. The van der Waals surface area contributed by atoms with Gasteiger partial charge in [-0.2, -0.15) is 0 Å². The van der Waals surface area contributed by atoms with Crippen molar-refractivity contribution >= 4 is 19.8 Å². The molecule has 2 atom stereocenters. The number of nitrogens with zero attached hydrogens (tertiary/aromatic N) is 1. The van der Waals surface area contributed by atoms with E-state index in [9.17, 15) is 19.0 Å². The first-order chi connectivity index (χ1) is 28.0. The minimum Gasteiger partial charge on any atom is -0.462 e. The second-order valence-electron chi connectivity index (χ2n) is 17.1.